The zero-order valence-electron chi connectivity index (χ0n) is 34.0. The van der Waals surface area contributed by atoms with Crippen molar-refractivity contribution in [1.29, 1.82) is 0 Å². The third-order valence-electron chi connectivity index (χ3n) is 10.5. The predicted octanol–water partition coefficient (Wildman–Crippen LogP) is -2.09. The van der Waals surface area contributed by atoms with Gasteiger partial charge in [-0.05, 0) is 38.5 Å². The highest BCUT2D eigenvalue weighted by Crippen LogP contribution is 2.32. The van der Waals surface area contributed by atoms with Gasteiger partial charge in [0.2, 0.25) is 5.91 Å². The molecule has 0 saturated carbocycles. The predicted molar refractivity (Wildman–Crippen MR) is 208 cm³/mol. The molecule has 3 rings (SSSR count). The van der Waals surface area contributed by atoms with Gasteiger partial charge in [0.15, 0.2) is 18.9 Å². The van der Waals surface area contributed by atoms with E-state index in [-0.39, 0.29) is 18.9 Å². The third kappa shape index (κ3) is 15.4. The van der Waals surface area contributed by atoms with Crippen molar-refractivity contribution in [1.82, 2.24) is 5.32 Å². The number of ether oxygens (including phenoxy) is 6. The summed E-state index contributed by atoms with van der Waals surface area (Å²) in [4.78, 5) is 12.3. The molecule has 17 unspecified atom stereocenters. The van der Waals surface area contributed by atoms with E-state index < -0.39 is 124 Å². The van der Waals surface area contributed by atoms with Crippen molar-refractivity contribution >= 4 is 5.91 Å². The maximum absolute atomic E-state index is 12.3. The Kier molecular flexibility index (Phi) is 23.6. The molecule has 0 radical (unpaired) electrons. The fourth-order valence-electron chi connectivity index (χ4n) is 6.83. The highest BCUT2D eigenvalue weighted by Gasteiger charge is 2.53. The van der Waals surface area contributed by atoms with Crippen LogP contribution in [0.1, 0.15) is 78.1 Å². The van der Waals surface area contributed by atoms with Crippen LogP contribution in [0.2, 0.25) is 0 Å². The Bertz CT molecular complexity index is 1250. The van der Waals surface area contributed by atoms with Gasteiger partial charge in [-0.25, -0.2) is 0 Å². The van der Waals surface area contributed by atoms with Gasteiger partial charge in [-0.1, -0.05) is 69.6 Å². The van der Waals surface area contributed by atoms with E-state index in [1.165, 1.54) is 31.8 Å². The van der Waals surface area contributed by atoms with Crippen molar-refractivity contribution in [2.75, 3.05) is 26.4 Å². The van der Waals surface area contributed by atoms with Crippen LogP contribution in [-0.2, 0) is 33.2 Å². The molecular weight excluding hydrogens is 782 g/mol. The number of aliphatic hydroxyl groups is 11. The molecule has 0 aromatic carbocycles. The van der Waals surface area contributed by atoms with E-state index in [0.717, 1.165) is 25.7 Å². The minimum atomic E-state index is -1.98. The van der Waals surface area contributed by atoms with Gasteiger partial charge in [-0.3, -0.25) is 4.79 Å². The maximum Gasteiger partial charge on any atom is 0.220 e. The Morgan fingerprint density at radius 1 is 0.593 bits per heavy atom. The van der Waals surface area contributed by atoms with Gasteiger partial charge in [-0.2, -0.15) is 0 Å². The SMILES string of the molecule is CCCCCC/C=C/CC/C=C/CC/C=C/C(O)C(COC1OC(CO)C(OC2OC(CO)C(OC3OC(CO)C(O)C(O)C3O)C(O)C2O)C(O)C1O)NC(=O)CC. The van der Waals surface area contributed by atoms with Crippen LogP contribution in [0, 0.1) is 0 Å². The highest BCUT2D eigenvalue weighted by molar-refractivity contribution is 5.75. The summed E-state index contributed by atoms with van der Waals surface area (Å²) in [5.41, 5.74) is 0. The second-order valence-corrected chi connectivity index (χ2v) is 15.0. The van der Waals surface area contributed by atoms with E-state index in [1.54, 1.807) is 13.0 Å². The Morgan fingerprint density at radius 2 is 1.07 bits per heavy atom. The van der Waals surface area contributed by atoms with Crippen LogP contribution in [0.5, 0.6) is 0 Å². The molecule has 17 atom stereocenters. The smallest absolute Gasteiger partial charge is 0.220 e. The third-order valence-corrected chi connectivity index (χ3v) is 10.5. The van der Waals surface area contributed by atoms with E-state index in [2.05, 4.69) is 36.5 Å². The number of aliphatic hydroxyl groups excluding tert-OH is 11. The normalized spacial score (nSPS) is 36.7. The van der Waals surface area contributed by atoms with Gasteiger partial charge >= 0.3 is 0 Å². The van der Waals surface area contributed by atoms with Gasteiger partial charge in [0.05, 0.1) is 38.6 Å². The van der Waals surface area contributed by atoms with Crippen LogP contribution in [0.3, 0.4) is 0 Å². The standard InChI is InChI=1S/C40H69NO18/c1-3-5-6-7-8-9-10-11-12-13-14-15-16-17-18-24(45)23(41-28(46)4-2)22-54-38-34(52)31(49)36(26(20-43)56-38)59-40-35(53)32(50)37(27(21-44)57-40)58-39-33(51)30(48)29(47)25(19-42)55-39/h9-10,13-14,17-18,23-27,29-40,42-45,47-53H,3-8,11-12,15-16,19-22H2,1-2H3,(H,41,46)/b10-9+,14-13+,18-17+. The molecule has 342 valence electrons. The lowest BCUT2D eigenvalue weighted by Gasteiger charge is -2.48. The van der Waals surface area contributed by atoms with Crippen LogP contribution in [0.4, 0.5) is 0 Å². The van der Waals surface area contributed by atoms with E-state index in [9.17, 15) is 61.0 Å². The summed E-state index contributed by atoms with van der Waals surface area (Å²) in [6.07, 6.45) is -5.43. The average Bonchev–Trinajstić information content (AvgIpc) is 3.23. The van der Waals surface area contributed by atoms with Crippen LogP contribution in [0.25, 0.3) is 0 Å². The first kappa shape index (κ1) is 51.4. The molecule has 0 aliphatic carbocycles. The Morgan fingerprint density at radius 3 is 1.59 bits per heavy atom. The number of allylic oxidation sites excluding steroid dienone is 5. The first-order valence-electron chi connectivity index (χ1n) is 20.7. The van der Waals surface area contributed by atoms with E-state index in [1.807, 2.05) is 0 Å². The molecule has 19 heteroatoms. The van der Waals surface area contributed by atoms with Crippen LogP contribution in [0.15, 0.2) is 36.5 Å². The summed E-state index contributed by atoms with van der Waals surface area (Å²) in [5.74, 6) is -0.383. The van der Waals surface area contributed by atoms with Crippen molar-refractivity contribution in [3.63, 3.8) is 0 Å². The number of carbonyl (C=O) groups excluding carboxylic acids is 1. The second-order valence-electron chi connectivity index (χ2n) is 15.0. The minimum absolute atomic E-state index is 0.111. The summed E-state index contributed by atoms with van der Waals surface area (Å²) >= 11 is 0. The maximum atomic E-state index is 12.3. The quantitative estimate of drug-likeness (QED) is 0.0346. The van der Waals surface area contributed by atoms with Crippen molar-refractivity contribution in [3.05, 3.63) is 36.5 Å². The molecule has 0 aromatic rings. The first-order valence-corrected chi connectivity index (χ1v) is 20.7. The van der Waals surface area contributed by atoms with Gasteiger partial charge < -0.3 is 89.9 Å². The topological polar surface area (TPSA) is 307 Å². The van der Waals surface area contributed by atoms with Crippen LogP contribution in [-0.4, -0.2) is 193 Å². The summed E-state index contributed by atoms with van der Waals surface area (Å²) < 4.78 is 33.6. The zero-order valence-corrected chi connectivity index (χ0v) is 34.0. The molecule has 3 fully saturated rings. The van der Waals surface area contributed by atoms with E-state index in [0.29, 0.717) is 6.42 Å². The van der Waals surface area contributed by atoms with Gasteiger partial charge in [0.25, 0.3) is 0 Å². The van der Waals surface area contributed by atoms with Crippen molar-refractivity contribution in [3.8, 4) is 0 Å². The number of hydrogen-bond donors (Lipinski definition) is 12. The first-order chi connectivity index (χ1) is 28.3. The second kappa shape index (κ2) is 27.2. The minimum Gasteiger partial charge on any atom is -0.394 e. The van der Waals surface area contributed by atoms with Gasteiger partial charge in [0.1, 0.15) is 73.2 Å². The molecule has 0 aromatic heterocycles. The lowest BCUT2D eigenvalue weighted by Crippen LogP contribution is -2.66. The van der Waals surface area contributed by atoms with Crippen molar-refractivity contribution in [2.45, 2.75) is 182 Å². The fraction of sp³-hybridized carbons (Fsp3) is 0.825. The molecule has 12 N–H and O–H groups in total. The van der Waals surface area contributed by atoms with Gasteiger partial charge in [-0.15, -0.1) is 0 Å². The fourth-order valence-corrected chi connectivity index (χ4v) is 6.83. The Hall–Kier alpha value is -1.99. The van der Waals surface area contributed by atoms with E-state index in [4.69, 9.17) is 28.4 Å². The molecule has 1 amide bonds. The largest absolute Gasteiger partial charge is 0.394 e. The monoisotopic (exact) mass is 851 g/mol. The number of hydrogen-bond acceptors (Lipinski definition) is 18. The number of carbonyl (C=O) groups is 1. The lowest BCUT2D eigenvalue weighted by atomic mass is 9.96. The Balaban J connectivity index is 1.54. The molecule has 59 heavy (non-hydrogen) atoms. The molecular formula is C40H69NO18. The number of unbranched alkanes of at least 4 members (excludes halogenated alkanes) is 6. The molecule has 19 nitrogen and oxygen atoms in total. The summed E-state index contributed by atoms with van der Waals surface area (Å²) in [5, 5.41) is 118. The van der Waals surface area contributed by atoms with Crippen LogP contribution >= 0.6 is 0 Å². The van der Waals surface area contributed by atoms with E-state index >= 15 is 0 Å². The Labute approximate surface area is 345 Å². The molecule has 3 aliphatic rings. The zero-order chi connectivity index (χ0) is 43.5. The average molecular weight is 852 g/mol. The summed E-state index contributed by atoms with van der Waals surface area (Å²) in [7, 11) is 0. The van der Waals surface area contributed by atoms with Crippen molar-refractivity contribution < 1.29 is 89.4 Å². The molecule has 3 heterocycles. The summed E-state index contributed by atoms with van der Waals surface area (Å²) in [6, 6.07) is -0.988. The molecule has 3 saturated heterocycles. The summed E-state index contributed by atoms with van der Waals surface area (Å²) in [6.45, 7) is 1.01. The number of nitrogens with one attached hydrogen (secondary N) is 1. The van der Waals surface area contributed by atoms with Crippen LogP contribution < -0.4 is 5.32 Å². The molecule has 3 aliphatic heterocycles. The number of amides is 1. The van der Waals surface area contributed by atoms with Crippen molar-refractivity contribution in [2.24, 2.45) is 0 Å². The lowest BCUT2D eigenvalue weighted by molar-refractivity contribution is -0.379. The molecule has 0 bridgehead atoms. The number of rotatable bonds is 25. The molecule has 0 spiro atoms. The highest BCUT2D eigenvalue weighted by atomic mass is 16.8. The van der Waals surface area contributed by atoms with Gasteiger partial charge in [0, 0.05) is 6.42 Å².